The number of nitrogens with zero attached hydrogens (tertiary/aromatic N) is 1. The number of piperidine rings is 1. The average molecular weight is 437 g/mol. The van der Waals surface area contributed by atoms with Crippen molar-refractivity contribution in [3.05, 3.63) is 23.8 Å². The van der Waals surface area contributed by atoms with Crippen LogP contribution in [0.4, 0.5) is 5.69 Å². The molecule has 1 amide bonds. The fraction of sp³-hybridized carbons (Fsp3) is 0.682. The Hall–Kier alpha value is -1.64. The van der Waals surface area contributed by atoms with Gasteiger partial charge < -0.3 is 15.5 Å². The molecule has 3 rings (SSSR count). The van der Waals surface area contributed by atoms with E-state index in [4.69, 9.17) is 0 Å². The van der Waals surface area contributed by atoms with E-state index in [1.165, 1.54) is 12.5 Å². The van der Waals surface area contributed by atoms with Gasteiger partial charge in [-0.05, 0) is 90.6 Å². The van der Waals surface area contributed by atoms with E-state index in [1.807, 2.05) is 0 Å². The zero-order valence-electron chi connectivity index (χ0n) is 18.6. The highest BCUT2D eigenvalue weighted by Crippen LogP contribution is 2.26. The highest BCUT2D eigenvalue weighted by molar-refractivity contribution is 7.89. The van der Waals surface area contributed by atoms with Crippen molar-refractivity contribution in [2.75, 3.05) is 32.0 Å². The molecule has 3 N–H and O–H groups in total. The summed E-state index contributed by atoms with van der Waals surface area (Å²) >= 11 is 0. The Balaban J connectivity index is 1.79. The van der Waals surface area contributed by atoms with Gasteiger partial charge in [0.2, 0.25) is 10.0 Å². The van der Waals surface area contributed by atoms with E-state index in [0.29, 0.717) is 29.8 Å². The molecular formula is C22H36N4O3S. The van der Waals surface area contributed by atoms with E-state index in [2.05, 4.69) is 27.3 Å². The SMILES string of the molecule is CN1CCC[C@@H](CNC(=O)c2cc(NC3CCC3)cc(S(=O)(=O)NC(C)(C)C)c2)C1. The molecule has 7 nitrogen and oxygen atoms in total. The van der Waals surface area contributed by atoms with Crippen molar-refractivity contribution in [3.8, 4) is 0 Å². The number of amides is 1. The molecule has 30 heavy (non-hydrogen) atoms. The molecule has 1 saturated heterocycles. The Morgan fingerprint density at radius 3 is 2.47 bits per heavy atom. The summed E-state index contributed by atoms with van der Waals surface area (Å²) in [5, 5.41) is 6.40. The smallest absolute Gasteiger partial charge is 0.251 e. The van der Waals surface area contributed by atoms with E-state index in [9.17, 15) is 13.2 Å². The number of sulfonamides is 1. The molecule has 0 radical (unpaired) electrons. The van der Waals surface area contributed by atoms with Gasteiger partial charge in [0.15, 0.2) is 0 Å². The number of benzene rings is 1. The van der Waals surface area contributed by atoms with E-state index in [1.54, 1.807) is 32.9 Å². The van der Waals surface area contributed by atoms with Crippen molar-refractivity contribution in [2.24, 2.45) is 5.92 Å². The van der Waals surface area contributed by atoms with Crippen LogP contribution in [0.25, 0.3) is 0 Å². The fourth-order valence-corrected chi connectivity index (χ4v) is 5.49. The third-order valence-electron chi connectivity index (χ3n) is 5.67. The maximum Gasteiger partial charge on any atom is 0.251 e. The summed E-state index contributed by atoms with van der Waals surface area (Å²) in [6.07, 6.45) is 5.54. The summed E-state index contributed by atoms with van der Waals surface area (Å²) in [6.45, 7) is 8.08. The lowest BCUT2D eigenvalue weighted by atomic mass is 9.93. The Bertz CT molecular complexity index is 860. The Morgan fingerprint density at radius 1 is 1.13 bits per heavy atom. The number of hydrogen-bond acceptors (Lipinski definition) is 5. The van der Waals surface area contributed by atoms with E-state index in [0.717, 1.165) is 38.8 Å². The molecule has 0 bridgehead atoms. The number of hydrogen-bond donors (Lipinski definition) is 3. The lowest BCUT2D eigenvalue weighted by Gasteiger charge is -2.30. The van der Waals surface area contributed by atoms with Gasteiger partial charge in [-0.1, -0.05) is 0 Å². The number of rotatable bonds is 7. The minimum atomic E-state index is -3.74. The first-order chi connectivity index (χ1) is 14.0. The summed E-state index contributed by atoms with van der Waals surface area (Å²) in [6, 6.07) is 5.20. The normalized spacial score (nSPS) is 21.1. The molecule has 1 aromatic carbocycles. The second-order valence-corrected chi connectivity index (χ2v) is 11.5. The minimum Gasteiger partial charge on any atom is -0.382 e. The maximum absolute atomic E-state index is 12.9. The van der Waals surface area contributed by atoms with Crippen molar-refractivity contribution >= 4 is 21.6 Å². The molecule has 1 aliphatic carbocycles. The van der Waals surface area contributed by atoms with Crippen LogP contribution in [0.1, 0.15) is 63.2 Å². The topological polar surface area (TPSA) is 90.5 Å². The van der Waals surface area contributed by atoms with Gasteiger partial charge in [-0.3, -0.25) is 4.79 Å². The van der Waals surface area contributed by atoms with Gasteiger partial charge >= 0.3 is 0 Å². The van der Waals surface area contributed by atoms with Gasteiger partial charge in [-0.2, -0.15) is 0 Å². The molecule has 1 aliphatic heterocycles. The fourth-order valence-electron chi connectivity index (χ4n) is 4.00. The van der Waals surface area contributed by atoms with Crippen LogP contribution in [-0.2, 0) is 10.0 Å². The zero-order chi connectivity index (χ0) is 21.9. The number of carbonyl (C=O) groups is 1. The first-order valence-corrected chi connectivity index (χ1v) is 12.4. The molecular weight excluding hydrogens is 400 g/mol. The number of anilines is 1. The third kappa shape index (κ3) is 6.43. The molecule has 1 heterocycles. The predicted molar refractivity (Wildman–Crippen MR) is 120 cm³/mol. The molecule has 0 aromatic heterocycles. The van der Waals surface area contributed by atoms with Crippen molar-refractivity contribution in [3.63, 3.8) is 0 Å². The summed E-state index contributed by atoms with van der Waals surface area (Å²) in [4.78, 5) is 15.3. The molecule has 1 aromatic rings. The first kappa shape index (κ1) is 23.0. The summed E-state index contributed by atoms with van der Waals surface area (Å²) in [5.74, 6) is 0.197. The van der Waals surface area contributed by atoms with Crippen LogP contribution < -0.4 is 15.4 Å². The van der Waals surface area contributed by atoms with Gasteiger partial charge in [0.25, 0.3) is 5.91 Å². The Labute approximate surface area is 181 Å². The molecule has 1 saturated carbocycles. The standard InChI is InChI=1S/C22H36N4O3S/c1-22(2,3)25-30(28,29)20-12-17(11-19(13-20)24-18-8-5-9-18)21(27)23-14-16-7-6-10-26(4)15-16/h11-13,16,18,24-25H,5-10,14-15H2,1-4H3,(H,23,27)/t16-/m0/s1. The second-order valence-electron chi connectivity index (χ2n) is 9.85. The highest BCUT2D eigenvalue weighted by atomic mass is 32.2. The van der Waals surface area contributed by atoms with Crippen LogP contribution in [0.2, 0.25) is 0 Å². The Kier molecular flexibility index (Phi) is 7.09. The van der Waals surface area contributed by atoms with Crippen LogP contribution in [0, 0.1) is 5.92 Å². The van der Waals surface area contributed by atoms with Crippen molar-refractivity contribution in [1.82, 2.24) is 14.9 Å². The zero-order valence-corrected chi connectivity index (χ0v) is 19.4. The van der Waals surface area contributed by atoms with Crippen molar-refractivity contribution in [2.45, 2.75) is 69.4 Å². The average Bonchev–Trinajstić information content (AvgIpc) is 2.60. The van der Waals surface area contributed by atoms with Crippen LogP contribution in [-0.4, -0.2) is 57.5 Å². The second kappa shape index (κ2) is 9.24. The molecule has 1 atom stereocenters. The number of carbonyl (C=O) groups excluding carboxylic acids is 1. The van der Waals surface area contributed by atoms with Crippen LogP contribution in [0.5, 0.6) is 0 Å². The summed E-state index contributed by atoms with van der Waals surface area (Å²) < 4.78 is 28.5. The lowest BCUT2D eigenvalue weighted by Crippen LogP contribution is -2.41. The maximum atomic E-state index is 12.9. The summed E-state index contributed by atoms with van der Waals surface area (Å²) in [7, 11) is -1.64. The third-order valence-corrected chi connectivity index (χ3v) is 7.41. The molecule has 0 spiro atoms. The quantitative estimate of drug-likeness (QED) is 0.611. The van der Waals surface area contributed by atoms with Crippen LogP contribution >= 0.6 is 0 Å². The van der Waals surface area contributed by atoms with Gasteiger partial charge in [0, 0.05) is 35.9 Å². The van der Waals surface area contributed by atoms with Gasteiger partial charge in [0.1, 0.15) is 0 Å². The molecule has 0 unspecified atom stereocenters. The molecule has 168 valence electrons. The number of nitrogens with one attached hydrogen (secondary N) is 3. The minimum absolute atomic E-state index is 0.115. The largest absolute Gasteiger partial charge is 0.382 e. The van der Waals surface area contributed by atoms with Crippen molar-refractivity contribution in [1.29, 1.82) is 0 Å². The Morgan fingerprint density at radius 2 is 1.87 bits per heavy atom. The van der Waals surface area contributed by atoms with Crippen LogP contribution in [0.3, 0.4) is 0 Å². The van der Waals surface area contributed by atoms with Gasteiger partial charge in [0.05, 0.1) is 4.90 Å². The highest BCUT2D eigenvalue weighted by Gasteiger charge is 2.25. The summed E-state index contributed by atoms with van der Waals surface area (Å²) in [5.41, 5.74) is 0.447. The van der Waals surface area contributed by atoms with Gasteiger partial charge in [-0.25, -0.2) is 13.1 Å². The lowest BCUT2D eigenvalue weighted by molar-refractivity contribution is 0.0936. The van der Waals surface area contributed by atoms with E-state index in [-0.39, 0.29) is 10.8 Å². The van der Waals surface area contributed by atoms with Crippen LogP contribution in [0.15, 0.2) is 23.1 Å². The van der Waals surface area contributed by atoms with E-state index < -0.39 is 15.6 Å². The van der Waals surface area contributed by atoms with Crippen molar-refractivity contribution < 1.29 is 13.2 Å². The first-order valence-electron chi connectivity index (χ1n) is 10.9. The molecule has 2 aliphatic rings. The molecule has 2 fully saturated rings. The number of likely N-dealkylation sites (tertiary alicyclic amines) is 1. The van der Waals surface area contributed by atoms with Gasteiger partial charge in [-0.15, -0.1) is 0 Å². The predicted octanol–water partition coefficient (Wildman–Crippen LogP) is 2.80. The molecule has 8 heteroatoms. The monoisotopic (exact) mass is 436 g/mol. The van der Waals surface area contributed by atoms with E-state index >= 15 is 0 Å².